The maximum atomic E-state index is 13.3. The summed E-state index contributed by atoms with van der Waals surface area (Å²) in [6.07, 6.45) is 2.22. The fourth-order valence-corrected chi connectivity index (χ4v) is 3.44. The molecule has 4 rings (SSSR count). The van der Waals surface area contributed by atoms with Gasteiger partial charge in [0.1, 0.15) is 17.3 Å². The molecular weight excluding hydrogens is 350 g/mol. The molecule has 0 atom stereocenters. The van der Waals surface area contributed by atoms with E-state index in [4.69, 9.17) is 10.7 Å². The molecule has 0 unspecified atom stereocenters. The Morgan fingerprint density at radius 2 is 1.82 bits per heavy atom. The van der Waals surface area contributed by atoms with Crippen molar-refractivity contribution in [3.8, 4) is 0 Å². The molecule has 3 heterocycles. The summed E-state index contributed by atoms with van der Waals surface area (Å²) in [6.45, 7) is 3.56. The summed E-state index contributed by atoms with van der Waals surface area (Å²) in [6, 6.07) is 17.5. The number of piperazine rings is 1. The van der Waals surface area contributed by atoms with Crippen LogP contribution < -0.4 is 16.0 Å². The van der Waals surface area contributed by atoms with Crippen molar-refractivity contribution in [1.29, 1.82) is 0 Å². The Balaban J connectivity index is 1.74. The molecule has 0 bridgehead atoms. The number of nitrogens with two attached hydrogens (primary N) is 1. The monoisotopic (exact) mass is 373 g/mol. The zero-order chi connectivity index (χ0) is 19.3. The van der Waals surface area contributed by atoms with E-state index in [9.17, 15) is 4.79 Å². The number of benzene rings is 1. The van der Waals surface area contributed by atoms with Gasteiger partial charge in [-0.2, -0.15) is 0 Å². The van der Waals surface area contributed by atoms with Gasteiger partial charge in [-0.3, -0.25) is 4.79 Å². The molecule has 0 radical (unpaired) electrons. The first-order valence-corrected chi connectivity index (χ1v) is 9.47. The Hall–Kier alpha value is -3.25. The average Bonchev–Trinajstić information content (AvgIpc) is 2.75. The molecule has 28 heavy (non-hydrogen) atoms. The van der Waals surface area contributed by atoms with Crippen molar-refractivity contribution in [2.24, 2.45) is 0 Å². The van der Waals surface area contributed by atoms with Gasteiger partial charge in [0.2, 0.25) is 5.78 Å². The molecule has 3 aromatic rings. The maximum absolute atomic E-state index is 13.3. The third-order valence-corrected chi connectivity index (χ3v) is 4.94. The predicted molar refractivity (Wildman–Crippen MR) is 111 cm³/mol. The summed E-state index contributed by atoms with van der Waals surface area (Å²) >= 11 is 0. The van der Waals surface area contributed by atoms with Crippen LogP contribution in [0.5, 0.6) is 0 Å². The normalized spacial score (nSPS) is 14.1. The number of hydrogen-bond donors (Lipinski definition) is 2. The second-order valence-electron chi connectivity index (χ2n) is 6.84. The van der Waals surface area contributed by atoms with Crippen LogP contribution in [0.15, 0.2) is 60.8 Å². The van der Waals surface area contributed by atoms with E-state index >= 15 is 0 Å². The SMILES string of the molecule is Nc1ncccc1C(=O)c1nc(N2CCNCC2)ccc1Cc1ccccc1. The summed E-state index contributed by atoms with van der Waals surface area (Å²) in [5, 5.41) is 3.34. The highest BCUT2D eigenvalue weighted by Crippen LogP contribution is 2.22. The first-order chi connectivity index (χ1) is 13.7. The number of anilines is 2. The van der Waals surface area contributed by atoms with Crippen LogP contribution in [0.4, 0.5) is 11.6 Å². The van der Waals surface area contributed by atoms with E-state index in [1.54, 1.807) is 18.3 Å². The standard InChI is InChI=1S/C22H23N5O/c23-22-18(7-4-10-25-22)21(28)20-17(15-16-5-2-1-3-6-16)8-9-19(26-20)27-13-11-24-12-14-27/h1-10,24H,11-15H2,(H2,23,25). The number of carbonyl (C=O) groups is 1. The molecule has 1 aliphatic heterocycles. The molecule has 142 valence electrons. The molecule has 1 fully saturated rings. The van der Waals surface area contributed by atoms with Gasteiger partial charge in [0.05, 0.1) is 5.56 Å². The van der Waals surface area contributed by atoms with Gasteiger partial charge in [-0.25, -0.2) is 9.97 Å². The van der Waals surface area contributed by atoms with Crippen LogP contribution in [0.25, 0.3) is 0 Å². The Kier molecular flexibility index (Phi) is 5.30. The highest BCUT2D eigenvalue weighted by Gasteiger charge is 2.21. The fourth-order valence-electron chi connectivity index (χ4n) is 3.44. The van der Waals surface area contributed by atoms with Gasteiger partial charge in [-0.05, 0) is 35.7 Å². The first-order valence-electron chi connectivity index (χ1n) is 9.47. The number of aromatic nitrogens is 2. The van der Waals surface area contributed by atoms with Crippen molar-refractivity contribution < 1.29 is 4.79 Å². The van der Waals surface area contributed by atoms with Crippen molar-refractivity contribution in [2.45, 2.75) is 6.42 Å². The van der Waals surface area contributed by atoms with Crippen LogP contribution in [0.3, 0.4) is 0 Å². The van der Waals surface area contributed by atoms with Gasteiger partial charge in [0, 0.05) is 32.4 Å². The summed E-state index contributed by atoms with van der Waals surface area (Å²) < 4.78 is 0. The van der Waals surface area contributed by atoms with Crippen LogP contribution in [-0.2, 0) is 6.42 Å². The lowest BCUT2D eigenvalue weighted by Gasteiger charge is -2.29. The van der Waals surface area contributed by atoms with Crippen LogP contribution in [0, 0.1) is 0 Å². The van der Waals surface area contributed by atoms with Crippen LogP contribution in [-0.4, -0.2) is 41.9 Å². The zero-order valence-corrected chi connectivity index (χ0v) is 15.6. The number of ketones is 1. The van der Waals surface area contributed by atoms with E-state index in [-0.39, 0.29) is 11.6 Å². The Morgan fingerprint density at radius 1 is 1.04 bits per heavy atom. The van der Waals surface area contributed by atoms with Gasteiger partial charge in [0.15, 0.2) is 0 Å². The van der Waals surface area contributed by atoms with E-state index < -0.39 is 0 Å². The second kappa shape index (κ2) is 8.19. The lowest BCUT2D eigenvalue weighted by molar-refractivity contribution is 0.103. The summed E-state index contributed by atoms with van der Waals surface area (Å²) in [7, 11) is 0. The van der Waals surface area contributed by atoms with Gasteiger partial charge < -0.3 is 16.0 Å². The molecule has 1 aromatic carbocycles. The number of rotatable bonds is 5. The van der Waals surface area contributed by atoms with Crippen molar-refractivity contribution >= 4 is 17.4 Å². The van der Waals surface area contributed by atoms with Gasteiger partial charge in [0.25, 0.3) is 0 Å². The number of nitrogens with one attached hydrogen (secondary N) is 1. The van der Waals surface area contributed by atoms with Crippen LogP contribution in [0.2, 0.25) is 0 Å². The minimum atomic E-state index is -0.187. The summed E-state index contributed by atoms with van der Waals surface area (Å²) in [4.78, 5) is 24.3. The third-order valence-electron chi connectivity index (χ3n) is 4.94. The molecule has 0 spiro atoms. The second-order valence-corrected chi connectivity index (χ2v) is 6.84. The first kappa shape index (κ1) is 18.1. The van der Waals surface area contributed by atoms with Crippen molar-refractivity contribution in [3.63, 3.8) is 0 Å². The number of nitrogen functional groups attached to an aromatic ring is 1. The third kappa shape index (κ3) is 3.87. The van der Waals surface area contributed by atoms with Gasteiger partial charge in [-0.15, -0.1) is 0 Å². The average molecular weight is 373 g/mol. The highest BCUT2D eigenvalue weighted by atomic mass is 16.1. The number of hydrogen-bond acceptors (Lipinski definition) is 6. The lowest BCUT2D eigenvalue weighted by Crippen LogP contribution is -2.44. The van der Waals surface area contributed by atoms with E-state index in [1.165, 1.54) is 0 Å². The molecule has 0 amide bonds. The van der Waals surface area contributed by atoms with Crippen molar-refractivity contribution in [2.75, 3.05) is 36.8 Å². The van der Waals surface area contributed by atoms with Crippen LogP contribution in [0.1, 0.15) is 27.2 Å². The molecule has 0 saturated carbocycles. The lowest BCUT2D eigenvalue weighted by atomic mass is 9.98. The predicted octanol–water partition coefficient (Wildman–Crippen LogP) is 2.29. The topological polar surface area (TPSA) is 84.1 Å². The zero-order valence-electron chi connectivity index (χ0n) is 15.6. The highest BCUT2D eigenvalue weighted by molar-refractivity contribution is 6.11. The quantitative estimate of drug-likeness (QED) is 0.668. The molecule has 3 N–H and O–H groups in total. The van der Waals surface area contributed by atoms with Crippen molar-refractivity contribution in [1.82, 2.24) is 15.3 Å². The fraction of sp³-hybridized carbons (Fsp3) is 0.227. The smallest absolute Gasteiger partial charge is 0.215 e. The minimum Gasteiger partial charge on any atom is -0.383 e. The van der Waals surface area contributed by atoms with E-state index in [2.05, 4.69) is 27.3 Å². The molecule has 1 saturated heterocycles. The van der Waals surface area contributed by atoms with E-state index in [0.717, 1.165) is 43.1 Å². The Morgan fingerprint density at radius 3 is 2.57 bits per heavy atom. The molecule has 0 aliphatic carbocycles. The summed E-state index contributed by atoms with van der Waals surface area (Å²) in [5.74, 6) is 0.866. The Labute approximate surface area is 164 Å². The Bertz CT molecular complexity index is 968. The number of nitrogens with zero attached hydrogens (tertiary/aromatic N) is 3. The molecule has 2 aromatic heterocycles. The maximum Gasteiger partial charge on any atom is 0.215 e. The minimum absolute atomic E-state index is 0.187. The number of pyridine rings is 2. The van der Waals surface area contributed by atoms with E-state index in [0.29, 0.717) is 17.7 Å². The van der Waals surface area contributed by atoms with Crippen LogP contribution >= 0.6 is 0 Å². The van der Waals surface area contributed by atoms with E-state index in [1.807, 2.05) is 30.3 Å². The largest absolute Gasteiger partial charge is 0.383 e. The van der Waals surface area contributed by atoms with Gasteiger partial charge in [-0.1, -0.05) is 36.4 Å². The molecule has 6 heteroatoms. The number of carbonyl (C=O) groups excluding carboxylic acids is 1. The van der Waals surface area contributed by atoms with Crippen molar-refractivity contribution in [3.05, 3.63) is 83.2 Å². The molecule has 6 nitrogen and oxygen atoms in total. The van der Waals surface area contributed by atoms with Gasteiger partial charge >= 0.3 is 0 Å². The molecular formula is C22H23N5O. The summed E-state index contributed by atoms with van der Waals surface area (Å²) in [5.41, 5.74) is 8.82. The molecule has 1 aliphatic rings.